The van der Waals surface area contributed by atoms with Crippen LogP contribution in [0.25, 0.3) is 11.0 Å². The molecule has 0 radical (unpaired) electrons. The highest BCUT2D eigenvalue weighted by Crippen LogP contribution is 2.44. The number of benzene rings is 1. The van der Waals surface area contributed by atoms with Gasteiger partial charge < -0.3 is 25.6 Å². The third-order valence-corrected chi connectivity index (χ3v) is 5.79. The molecule has 2 aromatic heterocycles. The Balaban J connectivity index is 1.70. The van der Waals surface area contributed by atoms with Crippen LogP contribution in [0, 0.1) is 0 Å². The maximum absolute atomic E-state index is 11.0. The average molecular weight is 433 g/mol. The molecule has 4 atom stereocenters. The molecule has 1 aromatic carbocycles. The zero-order valence-corrected chi connectivity index (χ0v) is 15.6. The largest absolute Gasteiger partial charge is 0.478 e. The van der Waals surface area contributed by atoms with Gasteiger partial charge in [0.15, 0.2) is 0 Å². The molecule has 0 amide bonds. The van der Waals surface area contributed by atoms with Gasteiger partial charge in [0.25, 0.3) is 0 Å². The highest BCUT2D eigenvalue weighted by atomic mass is 79.9. The molecule has 1 fully saturated rings. The van der Waals surface area contributed by atoms with Crippen molar-refractivity contribution in [3.63, 3.8) is 0 Å². The number of aromatic nitrogens is 3. The number of nitrogens with zero attached hydrogens (tertiary/aromatic N) is 3. The van der Waals surface area contributed by atoms with Gasteiger partial charge in [-0.15, -0.1) is 0 Å². The molecule has 140 valence electrons. The van der Waals surface area contributed by atoms with E-state index >= 15 is 0 Å². The first-order valence-electron chi connectivity index (χ1n) is 8.34. The number of rotatable bonds is 3. The fourth-order valence-corrected chi connectivity index (χ4v) is 4.40. The van der Waals surface area contributed by atoms with Crippen molar-refractivity contribution in [2.45, 2.75) is 30.6 Å². The summed E-state index contributed by atoms with van der Waals surface area (Å²) in [6, 6.07) is 5.94. The summed E-state index contributed by atoms with van der Waals surface area (Å²) in [4.78, 5) is 19.3. The fraction of sp³-hybridized carbons (Fsp3) is 0.278. The minimum atomic E-state index is -1.01. The van der Waals surface area contributed by atoms with Gasteiger partial charge in [0, 0.05) is 16.6 Å². The molecule has 0 bridgehead atoms. The fourth-order valence-electron chi connectivity index (χ4n) is 3.80. The molecule has 0 spiro atoms. The van der Waals surface area contributed by atoms with Gasteiger partial charge in [-0.1, -0.05) is 12.1 Å². The summed E-state index contributed by atoms with van der Waals surface area (Å²) >= 11 is 3.45. The molecular weight excluding hydrogens is 416 g/mol. The molecular formula is C18H17BrN4O4. The van der Waals surface area contributed by atoms with Gasteiger partial charge in [0.2, 0.25) is 0 Å². The number of nitrogens with two attached hydrogens (primary N) is 1. The number of hydrogen-bond donors (Lipinski definition) is 4. The van der Waals surface area contributed by atoms with Crippen molar-refractivity contribution in [3.8, 4) is 0 Å². The molecule has 1 saturated carbocycles. The van der Waals surface area contributed by atoms with Crippen LogP contribution in [0.2, 0.25) is 0 Å². The molecule has 0 saturated heterocycles. The molecule has 1 aliphatic carbocycles. The molecule has 8 nitrogen and oxygen atoms in total. The van der Waals surface area contributed by atoms with Crippen LogP contribution in [0.4, 0.5) is 5.82 Å². The number of nitrogen functional groups attached to an aromatic ring is 1. The van der Waals surface area contributed by atoms with Crippen LogP contribution in [0.15, 0.2) is 41.3 Å². The van der Waals surface area contributed by atoms with Crippen molar-refractivity contribution in [2.75, 3.05) is 5.73 Å². The van der Waals surface area contributed by atoms with Crippen molar-refractivity contribution >= 4 is 38.8 Å². The highest BCUT2D eigenvalue weighted by Gasteiger charge is 2.43. The Morgan fingerprint density at radius 1 is 1.19 bits per heavy atom. The SMILES string of the molecule is Nc1ncnc2c1c(Br)cn2[C@@H]1C[C@H](c2ccc(C(=O)O)cc2)[C@@H](O)[C@H]1O. The summed E-state index contributed by atoms with van der Waals surface area (Å²) in [5, 5.41) is 31.0. The minimum absolute atomic E-state index is 0.177. The van der Waals surface area contributed by atoms with Crippen LogP contribution in [0.5, 0.6) is 0 Å². The lowest BCUT2D eigenvalue weighted by Crippen LogP contribution is -2.28. The third kappa shape index (κ3) is 2.88. The van der Waals surface area contributed by atoms with E-state index < -0.39 is 24.2 Å². The number of aliphatic hydroxyl groups is 2. The predicted octanol–water partition coefficient (Wildman–Crippen LogP) is 1.92. The molecule has 5 N–H and O–H groups in total. The highest BCUT2D eigenvalue weighted by molar-refractivity contribution is 9.10. The normalized spacial score (nSPS) is 25.1. The van der Waals surface area contributed by atoms with Crippen LogP contribution in [-0.2, 0) is 0 Å². The maximum atomic E-state index is 11.0. The van der Waals surface area contributed by atoms with E-state index in [4.69, 9.17) is 10.8 Å². The monoisotopic (exact) mass is 432 g/mol. The van der Waals surface area contributed by atoms with Crippen molar-refractivity contribution in [1.29, 1.82) is 0 Å². The van der Waals surface area contributed by atoms with Crippen LogP contribution >= 0.6 is 15.9 Å². The standard InChI is InChI=1S/C18H17BrN4O4/c19-11-6-23(17-13(11)16(20)21-7-22-17)12-5-10(14(24)15(12)25)8-1-3-9(4-2-8)18(26)27/h1-4,6-7,10,12,14-15,24-25H,5H2,(H,26,27)(H2,20,21,22)/t10-,12-,14-,15+/m1/s1. The van der Waals surface area contributed by atoms with Gasteiger partial charge in [-0.25, -0.2) is 14.8 Å². The quantitative estimate of drug-likeness (QED) is 0.496. The predicted molar refractivity (Wildman–Crippen MR) is 101 cm³/mol. The second-order valence-electron chi connectivity index (χ2n) is 6.66. The van der Waals surface area contributed by atoms with Crippen LogP contribution in [0.3, 0.4) is 0 Å². The van der Waals surface area contributed by atoms with Crippen LogP contribution < -0.4 is 5.73 Å². The van der Waals surface area contributed by atoms with E-state index in [1.807, 2.05) is 0 Å². The number of hydrogen-bond acceptors (Lipinski definition) is 6. The molecule has 0 aliphatic heterocycles. The summed E-state index contributed by atoms with van der Waals surface area (Å²) < 4.78 is 2.52. The zero-order chi connectivity index (χ0) is 19.3. The van der Waals surface area contributed by atoms with Gasteiger partial charge in [-0.2, -0.15) is 0 Å². The first-order valence-corrected chi connectivity index (χ1v) is 9.13. The number of anilines is 1. The van der Waals surface area contributed by atoms with Gasteiger partial charge in [0.1, 0.15) is 23.9 Å². The average Bonchev–Trinajstić information content (AvgIpc) is 3.13. The molecule has 2 heterocycles. The first kappa shape index (κ1) is 17.9. The number of fused-ring (bicyclic) bond motifs is 1. The minimum Gasteiger partial charge on any atom is -0.478 e. The Morgan fingerprint density at radius 3 is 2.56 bits per heavy atom. The molecule has 3 aromatic rings. The van der Waals surface area contributed by atoms with Crippen molar-refractivity contribution < 1.29 is 20.1 Å². The van der Waals surface area contributed by atoms with Crippen LogP contribution in [0.1, 0.15) is 34.3 Å². The van der Waals surface area contributed by atoms with Crippen LogP contribution in [-0.4, -0.2) is 48.0 Å². The third-order valence-electron chi connectivity index (χ3n) is 5.19. The maximum Gasteiger partial charge on any atom is 0.335 e. The number of halogens is 1. The van der Waals surface area contributed by atoms with E-state index in [2.05, 4.69) is 25.9 Å². The van der Waals surface area contributed by atoms with E-state index in [0.29, 0.717) is 27.7 Å². The summed E-state index contributed by atoms with van der Waals surface area (Å²) in [6.45, 7) is 0. The molecule has 1 aliphatic rings. The summed E-state index contributed by atoms with van der Waals surface area (Å²) in [7, 11) is 0. The Labute approximate surface area is 162 Å². The lowest BCUT2D eigenvalue weighted by Gasteiger charge is -2.19. The first-order chi connectivity index (χ1) is 12.9. The van der Waals surface area contributed by atoms with Gasteiger partial charge in [-0.3, -0.25) is 0 Å². The summed E-state index contributed by atoms with van der Waals surface area (Å²) in [6.07, 6.45) is 1.62. The zero-order valence-electron chi connectivity index (χ0n) is 14.0. The molecule has 0 unspecified atom stereocenters. The van der Waals surface area contributed by atoms with Gasteiger partial charge >= 0.3 is 5.97 Å². The van der Waals surface area contributed by atoms with Crippen molar-refractivity contribution in [1.82, 2.24) is 14.5 Å². The molecule has 4 rings (SSSR count). The molecule has 9 heteroatoms. The van der Waals surface area contributed by atoms with Gasteiger partial charge in [0.05, 0.1) is 23.1 Å². The second kappa shape index (κ2) is 6.59. The van der Waals surface area contributed by atoms with Gasteiger partial charge in [-0.05, 0) is 40.0 Å². The Bertz CT molecular complexity index is 1020. The number of carboxylic acids is 1. The lowest BCUT2D eigenvalue weighted by atomic mass is 9.94. The van der Waals surface area contributed by atoms with E-state index in [0.717, 1.165) is 5.56 Å². The van der Waals surface area contributed by atoms with Crippen molar-refractivity contribution in [2.24, 2.45) is 0 Å². The number of carbonyl (C=O) groups is 1. The van der Waals surface area contributed by atoms with Crippen molar-refractivity contribution in [3.05, 3.63) is 52.4 Å². The Hall–Kier alpha value is -2.49. The topological polar surface area (TPSA) is 134 Å². The van der Waals surface area contributed by atoms with E-state index in [9.17, 15) is 15.0 Å². The number of aromatic carboxylic acids is 1. The van der Waals surface area contributed by atoms with E-state index in [-0.39, 0.29) is 11.5 Å². The Morgan fingerprint density at radius 2 is 1.89 bits per heavy atom. The second-order valence-corrected chi connectivity index (χ2v) is 7.51. The summed E-state index contributed by atoms with van der Waals surface area (Å²) in [5.41, 5.74) is 7.46. The Kier molecular flexibility index (Phi) is 4.37. The lowest BCUT2D eigenvalue weighted by molar-refractivity contribution is 0.0179. The smallest absolute Gasteiger partial charge is 0.335 e. The molecule has 27 heavy (non-hydrogen) atoms. The van der Waals surface area contributed by atoms with E-state index in [1.54, 1.807) is 22.9 Å². The summed E-state index contributed by atoms with van der Waals surface area (Å²) in [5.74, 6) is -1.00. The van der Waals surface area contributed by atoms with E-state index in [1.165, 1.54) is 18.5 Å². The number of aliphatic hydroxyl groups excluding tert-OH is 2. The number of carboxylic acid groups (broad SMARTS) is 1.